The molecule has 2 aromatic carbocycles. The lowest BCUT2D eigenvalue weighted by Crippen LogP contribution is -2.37. The van der Waals surface area contributed by atoms with Gasteiger partial charge >= 0.3 is 0 Å². The van der Waals surface area contributed by atoms with Crippen molar-refractivity contribution in [2.24, 2.45) is 0 Å². The molecule has 1 saturated heterocycles. The molecule has 0 unspecified atom stereocenters. The first-order valence-corrected chi connectivity index (χ1v) is 11.5. The number of aromatic nitrogens is 2. The molecule has 1 fully saturated rings. The van der Waals surface area contributed by atoms with Crippen molar-refractivity contribution in [2.75, 3.05) is 24.6 Å². The predicted molar refractivity (Wildman–Crippen MR) is 120 cm³/mol. The Labute approximate surface area is 190 Å². The second kappa shape index (κ2) is 9.67. The summed E-state index contributed by atoms with van der Waals surface area (Å²) in [6, 6.07) is 16.3. The van der Waals surface area contributed by atoms with Gasteiger partial charge in [-0.3, -0.25) is 14.7 Å². The molecule has 0 bridgehead atoms. The molecule has 0 atom stereocenters. The number of amides is 1. The molecule has 170 valence electrons. The second-order valence-corrected chi connectivity index (χ2v) is 8.82. The van der Waals surface area contributed by atoms with Crippen LogP contribution in [0.5, 0.6) is 0 Å². The summed E-state index contributed by atoms with van der Waals surface area (Å²) in [5, 5.41) is 8.67. The number of morpholine rings is 1. The molecule has 10 nitrogen and oxygen atoms in total. The van der Waals surface area contributed by atoms with Crippen LogP contribution in [0.3, 0.4) is 0 Å². The van der Waals surface area contributed by atoms with E-state index >= 15 is 0 Å². The Bertz CT molecular complexity index is 1250. The predicted octanol–water partition coefficient (Wildman–Crippen LogP) is 1.92. The van der Waals surface area contributed by atoms with Crippen LogP contribution in [0, 0.1) is 0 Å². The van der Waals surface area contributed by atoms with E-state index in [1.807, 2.05) is 30.3 Å². The third-order valence-corrected chi connectivity index (χ3v) is 6.25. The zero-order valence-electron chi connectivity index (χ0n) is 17.4. The van der Waals surface area contributed by atoms with E-state index in [2.05, 4.69) is 14.7 Å². The Hall–Kier alpha value is -3.96. The van der Waals surface area contributed by atoms with E-state index in [0.29, 0.717) is 24.9 Å². The zero-order valence-corrected chi connectivity index (χ0v) is 18.2. The van der Waals surface area contributed by atoms with Crippen molar-refractivity contribution in [3.63, 3.8) is 0 Å². The Morgan fingerprint density at radius 1 is 1.03 bits per heavy atom. The van der Waals surface area contributed by atoms with Crippen LogP contribution in [0.1, 0.15) is 10.4 Å². The lowest BCUT2D eigenvalue weighted by atomic mass is 10.1. The summed E-state index contributed by atoms with van der Waals surface area (Å²) < 4.78 is 33.4. The van der Waals surface area contributed by atoms with Crippen LogP contribution in [0.15, 0.2) is 83.8 Å². The van der Waals surface area contributed by atoms with E-state index in [-0.39, 0.29) is 17.0 Å². The van der Waals surface area contributed by atoms with Crippen molar-refractivity contribution in [2.45, 2.75) is 4.90 Å². The van der Waals surface area contributed by atoms with Gasteiger partial charge < -0.3 is 9.64 Å². The van der Waals surface area contributed by atoms with Crippen LogP contribution in [-0.4, -0.2) is 49.2 Å². The number of hydrogen-bond acceptors (Lipinski definition) is 8. The Morgan fingerprint density at radius 3 is 2.36 bits per heavy atom. The molecule has 1 amide bonds. The van der Waals surface area contributed by atoms with E-state index in [9.17, 15) is 13.2 Å². The molecule has 2 heterocycles. The first-order chi connectivity index (χ1) is 16.0. The molecule has 1 aliphatic heterocycles. The molecular formula is C22H21N5O5S. The van der Waals surface area contributed by atoms with E-state index < -0.39 is 15.9 Å². The minimum absolute atomic E-state index is 0.108. The molecule has 0 saturated carbocycles. The van der Waals surface area contributed by atoms with Crippen LogP contribution >= 0.6 is 0 Å². The number of anilines is 1. The molecule has 0 radical (unpaired) electrons. The summed E-state index contributed by atoms with van der Waals surface area (Å²) in [4.78, 5) is 21.5. The van der Waals surface area contributed by atoms with Gasteiger partial charge in [-0.15, -0.1) is 0 Å². The van der Waals surface area contributed by atoms with Gasteiger partial charge in [-0.2, -0.15) is 0 Å². The molecule has 3 N–H and O–H groups in total. The van der Waals surface area contributed by atoms with E-state index in [1.165, 1.54) is 24.1 Å². The van der Waals surface area contributed by atoms with Crippen LogP contribution in [0.25, 0.3) is 11.1 Å². The number of rotatable bonds is 6. The van der Waals surface area contributed by atoms with Crippen molar-refractivity contribution in [1.29, 1.82) is 0 Å². The van der Waals surface area contributed by atoms with Gasteiger partial charge in [0.1, 0.15) is 12.4 Å². The fourth-order valence-corrected chi connectivity index (χ4v) is 4.11. The number of benzene rings is 2. The molecule has 3 aromatic rings. The van der Waals surface area contributed by atoms with Gasteiger partial charge in [-0.1, -0.05) is 42.5 Å². The van der Waals surface area contributed by atoms with E-state index in [1.54, 1.807) is 29.2 Å². The van der Waals surface area contributed by atoms with Gasteiger partial charge in [0.25, 0.3) is 15.9 Å². The summed E-state index contributed by atoms with van der Waals surface area (Å²) in [6.07, 6.45) is 3.88. The van der Waals surface area contributed by atoms with Crippen molar-refractivity contribution in [3.05, 3.63) is 84.5 Å². The molecule has 33 heavy (non-hydrogen) atoms. The fraction of sp³-hybridized carbons (Fsp3) is 0.136. The lowest BCUT2D eigenvalue weighted by Gasteiger charge is -2.29. The van der Waals surface area contributed by atoms with Crippen LogP contribution in [0.2, 0.25) is 0 Å². The highest BCUT2D eigenvalue weighted by Gasteiger charge is 2.20. The topological polar surface area (TPSA) is 134 Å². The molecule has 4 rings (SSSR count). The Kier molecular flexibility index (Phi) is 6.52. The highest BCUT2D eigenvalue weighted by atomic mass is 32.2. The number of carbonyl (C=O) groups excluding carboxylic acids is 1. The Morgan fingerprint density at radius 2 is 1.70 bits per heavy atom. The average Bonchev–Trinajstić information content (AvgIpc) is 2.88. The molecule has 1 aliphatic rings. The summed E-state index contributed by atoms with van der Waals surface area (Å²) in [6.45, 7) is 1.03. The smallest absolute Gasteiger partial charge is 0.277 e. The van der Waals surface area contributed by atoms with Gasteiger partial charge in [-0.25, -0.2) is 23.9 Å². The number of carbonyl (C=O) groups is 1. The van der Waals surface area contributed by atoms with E-state index in [4.69, 9.17) is 9.94 Å². The zero-order chi connectivity index (χ0) is 23.3. The van der Waals surface area contributed by atoms with Crippen molar-refractivity contribution in [1.82, 2.24) is 20.2 Å². The van der Waals surface area contributed by atoms with Crippen molar-refractivity contribution in [3.8, 4) is 11.1 Å². The maximum absolute atomic E-state index is 12.7. The van der Waals surface area contributed by atoms with Gasteiger partial charge in [0.2, 0.25) is 5.95 Å². The second-order valence-electron chi connectivity index (χ2n) is 7.11. The molecule has 11 heteroatoms. The van der Waals surface area contributed by atoms with Gasteiger partial charge in [0, 0.05) is 12.4 Å². The number of hydroxylamine groups is 1. The largest absolute Gasteiger partial charge is 0.493 e. The minimum atomic E-state index is -3.78. The molecule has 1 aromatic heterocycles. The van der Waals surface area contributed by atoms with E-state index in [0.717, 1.165) is 11.1 Å². The van der Waals surface area contributed by atoms with Crippen LogP contribution < -0.4 is 15.1 Å². The maximum Gasteiger partial charge on any atom is 0.277 e. The van der Waals surface area contributed by atoms with Crippen LogP contribution in [0.4, 0.5) is 5.95 Å². The first-order valence-electron chi connectivity index (χ1n) is 9.97. The normalized spacial score (nSPS) is 15.1. The number of ether oxygens (including phenoxy) is 1. The Balaban J connectivity index is 1.43. The quantitative estimate of drug-likeness (QED) is 0.370. The number of nitrogens with one attached hydrogen (secondary N) is 2. The minimum Gasteiger partial charge on any atom is -0.493 e. The maximum atomic E-state index is 12.7. The van der Waals surface area contributed by atoms with Crippen molar-refractivity contribution >= 4 is 21.9 Å². The standard InChI is InChI=1S/C22H21N5O5S/c28-21(26-29)18-12-23-22(24-13-18)27-10-11-32-19(15-27)14-25-33(30,31)20-8-6-17(7-9-20)16-4-2-1-3-5-16/h1-9,12-14,25,29H,10-11,15H2,(H,26,28)/b19-14-. The fourth-order valence-electron chi connectivity index (χ4n) is 3.19. The summed E-state index contributed by atoms with van der Waals surface area (Å²) in [5.74, 6) is 0.0277. The SMILES string of the molecule is O=C(NO)c1cnc(N2CCO/C(=C\NS(=O)(=O)c3ccc(-c4ccccc4)cc3)C2)nc1. The molecule has 0 aliphatic carbocycles. The van der Waals surface area contributed by atoms with Gasteiger partial charge in [0.15, 0.2) is 0 Å². The lowest BCUT2D eigenvalue weighted by molar-refractivity contribution is 0.0705. The third kappa shape index (κ3) is 5.27. The highest BCUT2D eigenvalue weighted by Crippen LogP contribution is 2.21. The number of nitrogens with zero attached hydrogens (tertiary/aromatic N) is 3. The number of sulfonamides is 1. The molecular weight excluding hydrogens is 446 g/mol. The average molecular weight is 468 g/mol. The number of hydrogen-bond donors (Lipinski definition) is 3. The van der Waals surface area contributed by atoms with Crippen molar-refractivity contribution < 1.29 is 23.2 Å². The molecule has 0 spiro atoms. The summed E-state index contributed by atoms with van der Waals surface area (Å²) in [7, 11) is -3.78. The van der Waals surface area contributed by atoms with Gasteiger partial charge in [-0.05, 0) is 23.3 Å². The third-order valence-electron chi connectivity index (χ3n) is 4.93. The summed E-state index contributed by atoms with van der Waals surface area (Å²) in [5.41, 5.74) is 3.54. The monoisotopic (exact) mass is 467 g/mol. The first kappa shape index (κ1) is 22.2. The summed E-state index contributed by atoms with van der Waals surface area (Å²) >= 11 is 0. The highest BCUT2D eigenvalue weighted by molar-refractivity contribution is 7.89. The van der Waals surface area contributed by atoms with Crippen LogP contribution in [-0.2, 0) is 14.8 Å². The van der Waals surface area contributed by atoms with Gasteiger partial charge in [0.05, 0.1) is 29.7 Å².